The summed E-state index contributed by atoms with van der Waals surface area (Å²) in [5.74, 6) is 0.177. The SMILES string of the molecule is CCCCCCCCCCCCCC1CCN(CCCNC(=O)CCC2=C(C)c3cc4nc(cc5[nH]c(cc5CC)cc5[nH]c(cc2n3)c(CCC(=O)NCCCN2CCCN(C)CCCCN(C)CCCN(C)C(CCCCCCCCCCCCC)CC2)c5C)C(C)=C4CC)CCCN(C)CCCCN(C)CCCN1C. The number of unbranched alkanes of at least 4 members (excludes halogenated alkanes) is 20. The van der Waals surface area contributed by atoms with Gasteiger partial charge < -0.3 is 59.8 Å². The van der Waals surface area contributed by atoms with Gasteiger partial charge in [-0.25, -0.2) is 9.97 Å². The second-order valence-corrected chi connectivity index (χ2v) is 35.6. The maximum Gasteiger partial charge on any atom is 0.220 e. The number of aromatic nitrogens is 4. The number of H-pyrrole nitrogens is 2. The van der Waals surface area contributed by atoms with Crippen molar-refractivity contribution in [3.63, 3.8) is 0 Å². The molecule has 16 heteroatoms. The van der Waals surface area contributed by atoms with Gasteiger partial charge in [0.05, 0.1) is 22.8 Å². The van der Waals surface area contributed by atoms with Crippen LogP contribution in [0.4, 0.5) is 0 Å². The Morgan fingerprint density at radius 1 is 0.389 bits per heavy atom. The lowest BCUT2D eigenvalue weighted by molar-refractivity contribution is -0.121. The first-order chi connectivity index (χ1) is 55.0. The van der Waals surface area contributed by atoms with Crippen molar-refractivity contribution in [2.45, 2.75) is 330 Å². The number of carbonyl (C=O) groups is 2. The standard InChI is InChI=1S/C97H170N14O2/c1-14-18-20-22-24-26-28-30-32-34-36-48-84-54-72-110(70-46-64-106(10)60-40-38-58-104(8)62-44-66-108(84)12)68-42-56-98-96(112)52-50-87-80(6)89-75-83-74-82(16-3)92(100-83)76-90-79(5)86(17-4)93(102-90)77-91-81(7)88(95(103-91)78-94(87)101-89)51-53-97(113)99-57-43-69-111-71-47-65-107(11)61-41-39-59-105(9)63-45-67-109(13)85(55-73-111)49-37-35-33-31-29-27-25-23-21-19-15-2/h74-78,84-85,100-101H,14-73H2,1-13H3,(H,98,112)(H,99,113). The Bertz CT molecular complexity index is 3370. The summed E-state index contributed by atoms with van der Waals surface area (Å²) in [7, 11) is 14.1. The van der Waals surface area contributed by atoms with Crippen LogP contribution in [0.2, 0.25) is 0 Å². The predicted molar refractivity (Wildman–Crippen MR) is 487 cm³/mol. The van der Waals surface area contributed by atoms with Crippen molar-refractivity contribution < 1.29 is 9.59 Å². The van der Waals surface area contributed by atoms with Gasteiger partial charge in [0.25, 0.3) is 0 Å². The highest BCUT2D eigenvalue weighted by Crippen LogP contribution is 2.38. The summed E-state index contributed by atoms with van der Waals surface area (Å²) in [4.78, 5) is 68.2. The van der Waals surface area contributed by atoms with Crippen LogP contribution < -0.4 is 10.6 Å². The molecular formula is C97H170N14O2. The molecule has 113 heavy (non-hydrogen) atoms. The molecular weight excluding hydrogens is 1390 g/mol. The normalized spacial score (nSPS) is 19.2. The van der Waals surface area contributed by atoms with E-state index < -0.39 is 0 Å². The fourth-order valence-corrected chi connectivity index (χ4v) is 18.4. The average molecular weight is 1560 g/mol. The van der Waals surface area contributed by atoms with Crippen LogP contribution in [0.3, 0.4) is 0 Å². The van der Waals surface area contributed by atoms with E-state index in [1.165, 1.54) is 248 Å². The molecule has 2 fully saturated rings. The average Bonchev–Trinajstić information content (AvgIpc) is 1.63. The van der Waals surface area contributed by atoms with E-state index in [1.54, 1.807) is 0 Å². The maximum absolute atomic E-state index is 14.3. The van der Waals surface area contributed by atoms with Crippen LogP contribution in [0.25, 0.3) is 44.4 Å². The fraction of sp³-hybridized carbons (Fsp3) is 0.773. The highest BCUT2D eigenvalue weighted by atomic mass is 16.2. The number of aryl methyl sites for hydroxylation is 3. The van der Waals surface area contributed by atoms with Crippen LogP contribution in [0.1, 0.15) is 338 Å². The number of rotatable bonds is 40. The van der Waals surface area contributed by atoms with E-state index in [0.717, 1.165) is 184 Å². The van der Waals surface area contributed by atoms with Crippen molar-refractivity contribution in [1.29, 1.82) is 0 Å². The van der Waals surface area contributed by atoms with Crippen molar-refractivity contribution in [3.05, 3.63) is 69.8 Å². The van der Waals surface area contributed by atoms with Gasteiger partial charge in [-0.05, 0) is 353 Å². The van der Waals surface area contributed by atoms with E-state index in [1.807, 2.05) is 0 Å². The zero-order chi connectivity index (χ0) is 80.8. The van der Waals surface area contributed by atoms with E-state index >= 15 is 0 Å². The zero-order valence-electron chi connectivity index (χ0n) is 75.3. The number of allylic oxidation sites excluding steroid dienone is 4. The van der Waals surface area contributed by atoms with Crippen LogP contribution in [0.5, 0.6) is 0 Å². The number of hydrogen-bond acceptors (Lipinski definition) is 12. The number of hydrogen-bond donors (Lipinski definition) is 4. The van der Waals surface area contributed by atoms with Gasteiger partial charge >= 0.3 is 0 Å². The van der Waals surface area contributed by atoms with E-state index in [-0.39, 0.29) is 11.8 Å². The molecule has 8 bridgehead atoms. The molecule has 0 aromatic carbocycles. The summed E-state index contributed by atoms with van der Waals surface area (Å²) >= 11 is 0. The third-order valence-corrected chi connectivity index (χ3v) is 26.1. The van der Waals surface area contributed by atoms with E-state index in [2.05, 4.69) is 181 Å². The number of fused-ring (bicyclic) bond motifs is 8. The number of nitrogens with zero attached hydrogens (tertiary/aromatic N) is 10. The molecule has 4 N–H and O–H groups in total. The Morgan fingerprint density at radius 2 is 0.788 bits per heavy atom. The van der Waals surface area contributed by atoms with Crippen molar-refractivity contribution in [3.8, 4) is 0 Å². The van der Waals surface area contributed by atoms with Crippen LogP contribution >= 0.6 is 0 Å². The molecule has 2 atom stereocenters. The second kappa shape index (κ2) is 55.8. The van der Waals surface area contributed by atoms with Crippen molar-refractivity contribution in [1.82, 2.24) is 69.8 Å². The maximum atomic E-state index is 14.3. The molecule has 0 aliphatic carbocycles. The molecule has 0 radical (unpaired) electrons. The van der Waals surface area contributed by atoms with Gasteiger partial charge in [-0.3, -0.25) is 9.59 Å². The Balaban J connectivity index is 1.03. The van der Waals surface area contributed by atoms with E-state index in [4.69, 9.17) is 9.97 Å². The quantitative estimate of drug-likeness (QED) is 0.0403. The van der Waals surface area contributed by atoms with Gasteiger partial charge in [0, 0.05) is 60.1 Å². The first kappa shape index (κ1) is 95.4. The van der Waals surface area contributed by atoms with Crippen molar-refractivity contribution >= 4 is 56.2 Å². The third-order valence-electron chi connectivity index (χ3n) is 26.1. The number of aromatic amines is 2. The molecule has 3 aromatic heterocycles. The van der Waals surface area contributed by atoms with Gasteiger partial charge in [0.2, 0.25) is 11.8 Å². The topological polar surface area (TPSA) is 141 Å². The van der Waals surface area contributed by atoms with Crippen LogP contribution in [0.15, 0.2) is 30.3 Å². The summed E-state index contributed by atoms with van der Waals surface area (Å²) < 4.78 is 0. The molecule has 2 unspecified atom stereocenters. The molecule has 7 heterocycles. The van der Waals surface area contributed by atoms with Gasteiger partial charge in [0.1, 0.15) is 0 Å². The second-order valence-electron chi connectivity index (χ2n) is 35.6. The molecule has 4 aliphatic rings. The van der Waals surface area contributed by atoms with Gasteiger partial charge in [0.15, 0.2) is 0 Å². The summed E-state index contributed by atoms with van der Waals surface area (Å²) in [6.45, 7) is 34.9. The lowest BCUT2D eigenvalue weighted by Gasteiger charge is -2.32. The molecule has 0 saturated carbocycles. The smallest absolute Gasteiger partial charge is 0.220 e. The molecule has 7 rings (SSSR count). The molecule has 2 amide bonds. The van der Waals surface area contributed by atoms with Crippen molar-refractivity contribution in [2.75, 3.05) is 160 Å². The van der Waals surface area contributed by atoms with Crippen LogP contribution in [-0.2, 0) is 22.4 Å². The molecule has 640 valence electrons. The lowest BCUT2D eigenvalue weighted by Crippen LogP contribution is -2.38. The summed E-state index contributed by atoms with van der Waals surface area (Å²) in [5.41, 5.74) is 15.9. The minimum absolute atomic E-state index is 0.0842. The molecule has 16 nitrogen and oxygen atoms in total. The number of amides is 2. The number of carbonyl (C=O) groups excluding carboxylic acids is 2. The monoisotopic (exact) mass is 1560 g/mol. The largest absolute Gasteiger partial charge is 0.356 e. The zero-order valence-corrected chi connectivity index (χ0v) is 75.3. The Kier molecular flexibility index (Phi) is 47.1. The molecule has 0 spiro atoms. The van der Waals surface area contributed by atoms with Gasteiger partial charge in [-0.1, -0.05) is 169 Å². The third kappa shape index (κ3) is 36.1. The Hall–Kier alpha value is -4.78. The minimum Gasteiger partial charge on any atom is -0.356 e. The van der Waals surface area contributed by atoms with E-state index in [0.29, 0.717) is 50.9 Å². The minimum atomic E-state index is 0.0842. The first-order valence-electron chi connectivity index (χ1n) is 47.2. The fourth-order valence-electron chi connectivity index (χ4n) is 18.4. The predicted octanol–water partition coefficient (Wildman–Crippen LogP) is 20.4. The van der Waals surface area contributed by atoms with Crippen LogP contribution in [-0.4, -0.2) is 243 Å². The lowest BCUT2D eigenvalue weighted by atomic mass is 9.99. The molecule has 3 aromatic rings. The highest BCUT2D eigenvalue weighted by Gasteiger charge is 2.25. The van der Waals surface area contributed by atoms with E-state index in [9.17, 15) is 9.59 Å². The van der Waals surface area contributed by atoms with Gasteiger partial charge in [-0.15, -0.1) is 0 Å². The van der Waals surface area contributed by atoms with Crippen molar-refractivity contribution in [2.24, 2.45) is 0 Å². The summed E-state index contributed by atoms with van der Waals surface area (Å²) in [6, 6.07) is 12.3. The van der Waals surface area contributed by atoms with Gasteiger partial charge in [-0.2, -0.15) is 0 Å². The van der Waals surface area contributed by atoms with Crippen LogP contribution in [0, 0.1) is 6.92 Å². The highest BCUT2D eigenvalue weighted by molar-refractivity contribution is 5.96. The number of nitrogens with one attached hydrogen (secondary N) is 4. The Labute approximate surface area is 691 Å². The first-order valence-corrected chi connectivity index (χ1v) is 47.2. The summed E-state index contributed by atoms with van der Waals surface area (Å²) in [5, 5.41) is 6.82. The molecule has 2 saturated heterocycles. The molecule has 4 aliphatic heterocycles. The Morgan fingerprint density at radius 3 is 1.24 bits per heavy atom. The summed E-state index contributed by atoms with van der Waals surface area (Å²) in [6.07, 6.45) is 50.6.